The number of halogens is 3. The van der Waals surface area contributed by atoms with Crippen LogP contribution in [0, 0.1) is 5.92 Å². The van der Waals surface area contributed by atoms with Crippen LogP contribution >= 0.6 is 37.2 Å². The van der Waals surface area contributed by atoms with Gasteiger partial charge in [-0.25, -0.2) is 0 Å². The molecule has 1 aromatic rings. The first-order chi connectivity index (χ1) is 19.0. The lowest BCUT2D eigenvalue weighted by Gasteiger charge is -2.52. The van der Waals surface area contributed by atoms with Gasteiger partial charge in [0, 0.05) is 58.9 Å². The molecule has 1 aromatic carbocycles. The Morgan fingerprint density at radius 1 is 0.810 bits per heavy atom. The van der Waals surface area contributed by atoms with Gasteiger partial charge in [0.15, 0.2) is 0 Å². The summed E-state index contributed by atoms with van der Waals surface area (Å²) in [7, 11) is 2.20. The molecule has 0 radical (unpaired) electrons. The molecule has 0 aromatic heterocycles. The molecule has 3 heterocycles. The van der Waals surface area contributed by atoms with Gasteiger partial charge in [0.1, 0.15) is 11.6 Å². The number of carbonyl (C=O) groups excluding carboxylic acids is 2. The van der Waals surface area contributed by atoms with Crippen molar-refractivity contribution in [1.82, 2.24) is 24.9 Å². The maximum absolute atomic E-state index is 13.8. The van der Waals surface area contributed by atoms with Crippen LogP contribution in [0.1, 0.15) is 82.3 Å². The van der Waals surface area contributed by atoms with E-state index in [0.717, 1.165) is 84.5 Å². The maximum Gasteiger partial charge on any atom is 0.246 e. The molecule has 1 atom stereocenters. The van der Waals surface area contributed by atoms with E-state index in [1.54, 1.807) is 0 Å². The SMILES string of the molecule is CCCCN1C(=O)[C@H](CC2CCCCC2)NC(=O)C12CCN(Cc1ccc(CN3CCN(C)CC3)cc1)CC2.Cl.Cl.Cl. The minimum absolute atomic E-state index is 0. The molecule has 10 heteroatoms. The predicted molar refractivity (Wildman–Crippen MR) is 178 cm³/mol. The van der Waals surface area contributed by atoms with Gasteiger partial charge in [-0.15, -0.1) is 37.2 Å². The zero-order valence-electron chi connectivity index (χ0n) is 25.7. The average molecular weight is 647 g/mol. The zero-order valence-corrected chi connectivity index (χ0v) is 28.2. The van der Waals surface area contributed by atoms with Crippen LogP contribution in [0.5, 0.6) is 0 Å². The third-order valence-corrected chi connectivity index (χ3v) is 9.95. The summed E-state index contributed by atoms with van der Waals surface area (Å²) < 4.78 is 0. The molecule has 0 bridgehead atoms. The standard InChI is InChI=1S/C32H51N5O2.3ClH/c1-3-4-16-37-30(38)29(23-26-8-6-5-7-9-26)33-31(39)32(37)14-17-35(18-15-32)24-27-10-12-28(13-11-27)25-36-21-19-34(2)20-22-36;;;/h10-13,26,29H,3-9,14-25H2,1-2H3,(H,33,39);3*1H/t29-;;;/m0.../s1. The summed E-state index contributed by atoms with van der Waals surface area (Å²) in [6.45, 7) is 11.1. The summed E-state index contributed by atoms with van der Waals surface area (Å²) in [6, 6.07) is 8.79. The molecule has 1 saturated carbocycles. The molecule has 1 N–H and O–H groups in total. The van der Waals surface area contributed by atoms with Gasteiger partial charge in [-0.05, 0) is 49.8 Å². The largest absolute Gasteiger partial charge is 0.342 e. The Balaban J connectivity index is 0.00000205. The normalized spacial score (nSPS) is 24.0. The second-order valence-corrected chi connectivity index (χ2v) is 12.8. The van der Waals surface area contributed by atoms with Crippen molar-refractivity contribution in [3.05, 3.63) is 35.4 Å². The van der Waals surface area contributed by atoms with Crippen LogP contribution in [0.4, 0.5) is 0 Å². The number of piperidine rings is 1. The first-order valence-electron chi connectivity index (χ1n) is 15.8. The summed E-state index contributed by atoms with van der Waals surface area (Å²) in [4.78, 5) is 36.9. The lowest BCUT2D eigenvalue weighted by Crippen LogP contribution is -2.73. The number of rotatable bonds is 9. The highest BCUT2D eigenvalue weighted by atomic mass is 35.5. The number of piperazine rings is 2. The number of likely N-dealkylation sites (tertiary alicyclic amines) is 1. The van der Waals surface area contributed by atoms with E-state index in [0.29, 0.717) is 12.5 Å². The van der Waals surface area contributed by atoms with E-state index < -0.39 is 5.54 Å². The van der Waals surface area contributed by atoms with E-state index in [4.69, 9.17) is 0 Å². The Hall–Kier alpha value is -1.09. The number of likely N-dealkylation sites (N-methyl/N-ethyl adjacent to an activating group) is 1. The molecule has 3 aliphatic heterocycles. The van der Waals surface area contributed by atoms with Crippen molar-refractivity contribution in [2.75, 3.05) is 52.9 Å². The lowest BCUT2D eigenvalue weighted by atomic mass is 9.79. The Bertz CT molecular complexity index is 959. The molecule has 240 valence electrons. The Morgan fingerprint density at radius 2 is 1.36 bits per heavy atom. The summed E-state index contributed by atoms with van der Waals surface area (Å²) in [5, 5.41) is 3.23. The molecule has 42 heavy (non-hydrogen) atoms. The second-order valence-electron chi connectivity index (χ2n) is 12.8. The lowest BCUT2D eigenvalue weighted by molar-refractivity contribution is -0.162. The molecule has 5 rings (SSSR count). The van der Waals surface area contributed by atoms with Crippen LogP contribution in [0.15, 0.2) is 24.3 Å². The fraction of sp³-hybridized carbons (Fsp3) is 0.750. The molecule has 3 saturated heterocycles. The monoisotopic (exact) mass is 645 g/mol. The van der Waals surface area contributed by atoms with Crippen LogP contribution in [-0.2, 0) is 22.7 Å². The van der Waals surface area contributed by atoms with Gasteiger partial charge < -0.3 is 15.1 Å². The van der Waals surface area contributed by atoms with Crippen molar-refractivity contribution in [3.8, 4) is 0 Å². The fourth-order valence-electron chi connectivity index (χ4n) is 7.28. The molecule has 1 aliphatic carbocycles. The second kappa shape index (κ2) is 17.4. The predicted octanol–water partition coefficient (Wildman–Crippen LogP) is 5.13. The van der Waals surface area contributed by atoms with E-state index >= 15 is 0 Å². The van der Waals surface area contributed by atoms with Crippen molar-refractivity contribution in [3.63, 3.8) is 0 Å². The molecule has 4 aliphatic rings. The van der Waals surface area contributed by atoms with Gasteiger partial charge in [0.05, 0.1) is 0 Å². The number of nitrogens with zero attached hydrogens (tertiary/aromatic N) is 4. The van der Waals surface area contributed by atoms with E-state index in [9.17, 15) is 9.59 Å². The van der Waals surface area contributed by atoms with E-state index in [1.807, 2.05) is 4.90 Å². The molecule has 2 amide bonds. The van der Waals surface area contributed by atoms with Crippen LogP contribution in [0.25, 0.3) is 0 Å². The van der Waals surface area contributed by atoms with Gasteiger partial charge in [-0.1, -0.05) is 69.7 Å². The first-order valence-corrected chi connectivity index (χ1v) is 15.8. The molecular formula is C32H54Cl3N5O2. The third-order valence-electron chi connectivity index (χ3n) is 9.95. The Kier molecular flexibility index (Phi) is 15.4. The number of benzene rings is 1. The average Bonchev–Trinajstić information content (AvgIpc) is 2.96. The molecule has 7 nitrogen and oxygen atoms in total. The van der Waals surface area contributed by atoms with Crippen molar-refractivity contribution < 1.29 is 9.59 Å². The van der Waals surface area contributed by atoms with Gasteiger partial charge in [-0.2, -0.15) is 0 Å². The molecular weight excluding hydrogens is 593 g/mol. The molecule has 4 fully saturated rings. The van der Waals surface area contributed by atoms with Crippen molar-refractivity contribution >= 4 is 49.0 Å². The summed E-state index contributed by atoms with van der Waals surface area (Å²) in [6.07, 6.45) is 10.5. The highest BCUT2D eigenvalue weighted by Gasteiger charge is 2.53. The number of unbranched alkanes of at least 4 members (excludes halogenated alkanes) is 1. The fourth-order valence-corrected chi connectivity index (χ4v) is 7.28. The number of nitrogens with one attached hydrogen (secondary N) is 1. The van der Waals surface area contributed by atoms with Gasteiger partial charge in [0.2, 0.25) is 11.8 Å². The smallest absolute Gasteiger partial charge is 0.246 e. The van der Waals surface area contributed by atoms with Crippen molar-refractivity contribution in [2.24, 2.45) is 5.92 Å². The molecule has 0 unspecified atom stereocenters. The highest BCUT2D eigenvalue weighted by Crippen LogP contribution is 2.36. The Morgan fingerprint density at radius 3 is 1.90 bits per heavy atom. The third kappa shape index (κ3) is 8.98. The van der Waals surface area contributed by atoms with E-state index in [1.165, 1.54) is 43.2 Å². The topological polar surface area (TPSA) is 59.1 Å². The highest BCUT2D eigenvalue weighted by molar-refractivity contribution is 6.00. The van der Waals surface area contributed by atoms with Crippen molar-refractivity contribution in [1.29, 1.82) is 0 Å². The summed E-state index contributed by atoms with van der Waals surface area (Å²) >= 11 is 0. The van der Waals surface area contributed by atoms with Crippen LogP contribution in [-0.4, -0.2) is 95.9 Å². The quantitative estimate of drug-likeness (QED) is 0.403. The Labute approximate surface area is 272 Å². The number of hydrogen-bond donors (Lipinski definition) is 1. The van der Waals surface area contributed by atoms with Crippen LogP contribution in [0.2, 0.25) is 0 Å². The zero-order chi connectivity index (χ0) is 27.2. The van der Waals surface area contributed by atoms with E-state index in [-0.39, 0.29) is 55.1 Å². The first kappa shape index (κ1) is 37.1. The minimum atomic E-state index is -0.668. The maximum atomic E-state index is 13.8. The number of carbonyl (C=O) groups is 2. The number of amides is 2. The van der Waals surface area contributed by atoms with E-state index in [2.05, 4.69) is 58.3 Å². The van der Waals surface area contributed by atoms with Crippen molar-refractivity contribution in [2.45, 2.75) is 95.8 Å². The van der Waals surface area contributed by atoms with Crippen LogP contribution < -0.4 is 5.32 Å². The van der Waals surface area contributed by atoms with Crippen LogP contribution in [0.3, 0.4) is 0 Å². The number of hydrogen-bond acceptors (Lipinski definition) is 5. The summed E-state index contributed by atoms with van der Waals surface area (Å²) in [5.74, 6) is 0.856. The summed E-state index contributed by atoms with van der Waals surface area (Å²) in [5.41, 5.74) is 2.04. The molecule has 1 spiro atoms. The van der Waals surface area contributed by atoms with Gasteiger partial charge in [0.25, 0.3) is 0 Å². The van der Waals surface area contributed by atoms with Gasteiger partial charge >= 0.3 is 0 Å². The van der Waals surface area contributed by atoms with Gasteiger partial charge in [-0.3, -0.25) is 19.4 Å². The minimum Gasteiger partial charge on any atom is -0.342 e.